The summed E-state index contributed by atoms with van der Waals surface area (Å²) in [5, 5.41) is 2.82. The Labute approximate surface area is 174 Å². The second-order valence-corrected chi connectivity index (χ2v) is 7.73. The molecule has 0 aliphatic heterocycles. The van der Waals surface area contributed by atoms with Crippen molar-refractivity contribution < 1.29 is 23.1 Å². The van der Waals surface area contributed by atoms with Crippen molar-refractivity contribution in [3.05, 3.63) is 53.0 Å². The van der Waals surface area contributed by atoms with E-state index in [1.165, 1.54) is 12.4 Å². The molecule has 2 aromatic rings. The molecule has 2 heterocycles. The fraction of sp³-hybridized carbons (Fsp3) is 0.455. The number of nitrogens with one attached hydrogen (secondary N) is 1. The summed E-state index contributed by atoms with van der Waals surface area (Å²) in [5.41, 5.74) is 2.54. The number of ether oxygens (including phenoxy) is 1. The van der Waals surface area contributed by atoms with Crippen LogP contribution in [0.15, 0.2) is 30.6 Å². The van der Waals surface area contributed by atoms with E-state index in [9.17, 15) is 18.4 Å². The van der Waals surface area contributed by atoms with Gasteiger partial charge < -0.3 is 10.1 Å². The number of nitrogens with zero attached hydrogens (tertiary/aromatic N) is 2. The van der Waals surface area contributed by atoms with Crippen molar-refractivity contribution in [2.24, 2.45) is 5.92 Å². The number of carbonyl (C=O) groups is 2. The summed E-state index contributed by atoms with van der Waals surface area (Å²) in [7, 11) is 0. The fourth-order valence-corrected chi connectivity index (χ4v) is 2.94. The molecule has 1 fully saturated rings. The van der Waals surface area contributed by atoms with Crippen molar-refractivity contribution in [3.63, 3.8) is 0 Å². The monoisotopic (exact) mass is 417 g/mol. The first-order chi connectivity index (χ1) is 14.3. The molecule has 0 atom stereocenters. The summed E-state index contributed by atoms with van der Waals surface area (Å²) in [6, 6.07) is 5.06. The molecule has 0 spiro atoms. The van der Waals surface area contributed by atoms with Crippen LogP contribution in [0.2, 0.25) is 0 Å². The zero-order valence-electron chi connectivity index (χ0n) is 17.0. The predicted octanol–water partition coefficient (Wildman–Crippen LogP) is 3.70. The summed E-state index contributed by atoms with van der Waals surface area (Å²) >= 11 is 0. The van der Waals surface area contributed by atoms with E-state index >= 15 is 0 Å². The lowest BCUT2D eigenvalue weighted by molar-refractivity contribution is -0.121. The Kier molecular flexibility index (Phi) is 7.07. The lowest BCUT2D eigenvalue weighted by Gasteiger charge is -2.12. The van der Waals surface area contributed by atoms with Gasteiger partial charge in [0.2, 0.25) is 5.88 Å². The molecule has 6 nitrogen and oxygen atoms in total. The summed E-state index contributed by atoms with van der Waals surface area (Å²) in [6.45, 7) is 3.20. The summed E-state index contributed by atoms with van der Waals surface area (Å²) in [4.78, 5) is 32.8. The van der Waals surface area contributed by atoms with Crippen molar-refractivity contribution in [2.45, 2.75) is 52.0 Å². The number of alkyl halides is 2. The quantitative estimate of drug-likeness (QED) is 0.638. The molecule has 1 aliphatic carbocycles. The first-order valence-corrected chi connectivity index (χ1v) is 9.99. The molecule has 30 heavy (non-hydrogen) atoms. The third-order valence-electron chi connectivity index (χ3n) is 4.83. The van der Waals surface area contributed by atoms with Crippen LogP contribution in [0.5, 0.6) is 5.88 Å². The first-order valence-electron chi connectivity index (χ1n) is 9.99. The number of Topliss-reactive ketones (excluding diaryl/α,β-unsaturated/α-hetero) is 1. The molecule has 2 aromatic heterocycles. The smallest absolute Gasteiger partial charge is 0.272 e. The molecule has 160 valence electrons. The van der Waals surface area contributed by atoms with E-state index in [4.69, 9.17) is 4.74 Å². The van der Waals surface area contributed by atoms with E-state index in [0.29, 0.717) is 11.3 Å². The predicted molar refractivity (Wildman–Crippen MR) is 107 cm³/mol. The summed E-state index contributed by atoms with van der Waals surface area (Å²) in [6.07, 6.45) is 2.60. The number of aromatic nitrogens is 2. The number of pyridine rings is 2. The van der Waals surface area contributed by atoms with Crippen molar-refractivity contribution >= 4 is 11.7 Å². The van der Waals surface area contributed by atoms with Crippen molar-refractivity contribution in [1.82, 2.24) is 15.3 Å². The van der Waals surface area contributed by atoms with Crippen LogP contribution >= 0.6 is 0 Å². The zero-order valence-corrected chi connectivity index (χ0v) is 17.0. The second kappa shape index (κ2) is 9.73. The topological polar surface area (TPSA) is 81.2 Å². The number of halogens is 2. The zero-order chi connectivity index (χ0) is 21.7. The van der Waals surface area contributed by atoms with Gasteiger partial charge in [0, 0.05) is 48.1 Å². The Morgan fingerprint density at radius 2 is 2.00 bits per heavy atom. The van der Waals surface area contributed by atoms with Crippen LogP contribution in [0.25, 0.3) is 0 Å². The Morgan fingerprint density at radius 3 is 2.67 bits per heavy atom. The number of ketones is 1. The first kappa shape index (κ1) is 21.8. The van der Waals surface area contributed by atoms with Gasteiger partial charge in [-0.2, -0.15) is 0 Å². The van der Waals surface area contributed by atoms with E-state index in [1.54, 1.807) is 12.1 Å². The van der Waals surface area contributed by atoms with Gasteiger partial charge in [0.05, 0.1) is 0 Å². The van der Waals surface area contributed by atoms with Crippen LogP contribution in [0.3, 0.4) is 0 Å². The standard InChI is InChI=1S/C22H25F2N3O3/c1-13(2)19(28)9-17-8-16(5-6-25-17)21(29)26-10-14-7-18(15-3-4-15)22(27-11-14)30-12-20(23)24/h5-8,11,13,15,20H,3-4,9-10,12H2,1-2H3,(H,26,29). The third kappa shape index (κ3) is 6.05. The van der Waals surface area contributed by atoms with Gasteiger partial charge in [-0.3, -0.25) is 14.6 Å². The molecule has 1 saturated carbocycles. The lowest BCUT2D eigenvalue weighted by Crippen LogP contribution is -2.23. The molecule has 1 N–H and O–H groups in total. The largest absolute Gasteiger partial charge is 0.471 e. The van der Waals surface area contributed by atoms with Gasteiger partial charge in [0.1, 0.15) is 5.78 Å². The molecule has 0 bridgehead atoms. The highest BCUT2D eigenvalue weighted by Gasteiger charge is 2.28. The van der Waals surface area contributed by atoms with Crippen molar-refractivity contribution in [3.8, 4) is 5.88 Å². The number of rotatable bonds is 10. The van der Waals surface area contributed by atoms with Crippen LogP contribution in [-0.2, 0) is 17.8 Å². The van der Waals surface area contributed by atoms with E-state index in [-0.39, 0.29) is 42.4 Å². The average molecular weight is 417 g/mol. The lowest BCUT2D eigenvalue weighted by atomic mass is 10.0. The van der Waals surface area contributed by atoms with E-state index in [1.807, 2.05) is 19.9 Å². The van der Waals surface area contributed by atoms with E-state index < -0.39 is 13.0 Å². The van der Waals surface area contributed by atoms with Crippen molar-refractivity contribution in [1.29, 1.82) is 0 Å². The molecular weight excluding hydrogens is 392 g/mol. The highest BCUT2D eigenvalue weighted by Crippen LogP contribution is 2.43. The van der Waals surface area contributed by atoms with Gasteiger partial charge in [-0.05, 0) is 42.5 Å². The van der Waals surface area contributed by atoms with E-state index in [2.05, 4.69) is 15.3 Å². The van der Waals surface area contributed by atoms with Crippen LogP contribution in [0.4, 0.5) is 8.78 Å². The van der Waals surface area contributed by atoms with Gasteiger partial charge >= 0.3 is 0 Å². The van der Waals surface area contributed by atoms with E-state index in [0.717, 1.165) is 24.0 Å². The van der Waals surface area contributed by atoms with Gasteiger partial charge in [0.15, 0.2) is 6.61 Å². The Bertz CT molecular complexity index is 914. The molecule has 0 radical (unpaired) electrons. The molecule has 1 amide bonds. The number of hydrogen-bond acceptors (Lipinski definition) is 5. The highest BCUT2D eigenvalue weighted by atomic mass is 19.3. The minimum Gasteiger partial charge on any atom is -0.471 e. The molecule has 0 unspecified atom stereocenters. The maximum absolute atomic E-state index is 12.5. The minimum atomic E-state index is -2.56. The fourth-order valence-electron chi connectivity index (χ4n) is 2.94. The SMILES string of the molecule is CC(C)C(=O)Cc1cc(C(=O)NCc2cnc(OCC(F)F)c(C3CC3)c2)ccn1. The normalized spacial score (nSPS) is 13.5. The number of hydrogen-bond donors (Lipinski definition) is 1. The maximum atomic E-state index is 12.5. The van der Waals surface area contributed by atoms with Gasteiger partial charge in [0.25, 0.3) is 12.3 Å². The average Bonchev–Trinajstić information content (AvgIpc) is 3.56. The van der Waals surface area contributed by atoms with Crippen LogP contribution in [0, 0.1) is 5.92 Å². The molecule has 1 aliphatic rings. The number of amides is 1. The number of carbonyl (C=O) groups excluding carboxylic acids is 2. The molecule has 0 saturated heterocycles. The summed E-state index contributed by atoms with van der Waals surface area (Å²) in [5.74, 6) is 0.183. The molecule has 0 aromatic carbocycles. The Balaban J connectivity index is 1.63. The minimum absolute atomic E-state index is 0.0629. The highest BCUT2D eigenvalue weighted by molar-refractivity contribution is 5.94. The Hall–Kier alpha value is -2.90. The van der Waals surface area contributed by atoms with Crippen molar-refractivity contribution in [2.75, 3.05) is 6.61 Å². The second-order valence-electron chi connectivity index (χ2n) is 7.73. The van der Waals surface area contributed by atoms with Crippen LogP contribution in [0.1, 0.15) is 59.8 Å². The maximum Gasteiger partial charge on any atom is 0.272 e. The van der Waals surface area contributed by atoms with Gasteiger partial charge in [-0.15, -0.1) is 0 Å². The van der Waals surface area contributed by atoms with Gasteiger partial charge in [-0.25, -0.2) is 13.8 Å². The summed E-state index contributed by atoms with van der Waals surface area (Å²) < 4.78 is 30.0. The van der Waals surface area contributed by atoms with Crippen LogP contribution < -0.4 is 10.1 Å². The van der Waals surface area contributed by atoms with Gasteiger partial charge in [-0.1, -0.05) is 13.8 Å². The molecule has 3 rings (SSSR count). The molecule has 8 heteroatoms. The van der Waals surface area contributed by atoms with Crippen LogP contribution in [-0.4, -0.2) is 34.7 Å². The Morgan fingerprint density at radius 1 is 1.23 bits per heavy atom. The molecular formula is C22H25F2N3O3. The third-order valence-corrected chi connectivity index (χ3v) is 4.83.